The van der Waals surface area contributed by atoms with Gasteiger partial charge in [-0.2, -0.15) is 0 Å². The van der Waals surface area contributed by atoms with Crippen LogP contribution in [-0.4, -0.2) is 53.7 Å². The predicted molar refractivity (Wildman–Crippen MR) is 66.6 cm³/mol. The highest BCUT2D eigenvalue weighted by atomic mass is 16.5. The molecule has 108 valence electrons. The Morgan fingerprint density at radius 3 is 2.58 bits per heavy atom. The van der Waals surface area contributed by atoms with Gasteiger partial charge in [-0.1, -0.05) is 6.92 Å². The average molecular weight is 272 g/mol. The summed E-state index contributed by atoms with van der Waals surface area (Å²) >= 11 is 0. The van der Waals surface area contributed by atoms with E-state index in [-0.39, 0.29) is 6.04 Å². The van der Waals surface area contributed by atoms with E-state index in [2.05, 4.69) is 17.0 Å². The van der Waals surface area contributed by atoms with Crippen molar-refractivity contribution in [2.75, 3.05) is 19.8 Å². The minimum absolute atomic E-state index is 0.0940. The number of carbonyl (C=O) groups excluding carboxylic acids is 2. The topological polar surface area (TPSA) is 95.9 Å². The number of urea groups is 1. The number of aliphatic carboxylic acids is 1. The van der Waals surface area contributed by atoms with E-state index >= 15 is 0 Å². The zero-order valence-corrected chi connectivity index (χ0v) is 11.2. The molecule has 0 aromatic rings. The molecule has 0 spiro atoms. The lowest BCUT2D eigenvalue weighted by atomic mass is 9.94. The first-order chi connectivity index (χ1) is 8.90. The number of ether oxygens (including phenoxy) is 1. The Hall–Kier alpha value is -1.63. The van der Waals surface area contributed by atoms with Gasteiger partial charge in [0.2, 0.25) is 0 Å². The number of likely N-dealkylation sites (tertiary alicyclic amines) is 1. The molecule has 7 heteroatoms. The fourth-order valence-electron chi connectivity index (χ4n) is 2.17. The van der Waals surface area contributed by atoms with E-state index in [1.807, 2.05) is 6.92 Å². The van der Waals surface area contributed by atoms with Crippen molar-refractivity contribution in [1.29, 1.82) is 0 Å². The van der Waals surface area contributed by atoms with Crippen LogP contribution in [0.1, 0.15) is 26.7 Å². The van der Waals surface area contributed by atoms with Crippen LogP contribution in [0, 0.1) is 5.92 Å². The summed E-state index contributed by atoms with van der Waals surface area (Å²) in [5.74, 6) is -1.21. The molecular weight excluding hydrogens is 252 g/mol. The van der Waals surface area contributed by atoms with Gasteiger partial charge in [0.25, 0.3) is 5.91 Å². The molecule has 19 heavy (non-hydrogen) atoms. The van der Waals surface area contributed by atoms with Crippen molar-refractivity contribution in [3.05, 3.63) is 0 Å². The molecule has 0 aliphatic carbocycles. The van der Waals surface area contributed by atoms with Crippen LogP contribution in [-0.2, 0) is 14.3 Å². The highest BCUT2D eigenvalue weighted by Crippen LogP contribution is 2.21. The highest BCUT2D eigenvalue weighted by molar-refractivity contribution is 5.95. The number of hydrogen-bond acceptors (Lipinski definition) is 4. The zero-order valence-electron chi connectivity index (χ0n) is 11.2. The smallest absolute Gasteiger partial charge is 0.329 e. The third-order valence-corrected chi connectivity index (χ3v) is 3.10. The van der Waals surface area contributed by atoms with Crippen LogP contribution in [0.25, 0.3) is 0 Å². The van der Waals surface area contributed by atoms with Crippen molar-refractivity contribution >= 4 is 17.9 Å². The summed E-state index contributed by atoms with van der Waals surface area (Å²) in [5.41, 5.74) is 0. The maximum atomic E-state index is 11.8. The second-order valence-corrected chi connectivity index (χ2v) is 4.91. The van der Waals surface area contributed by atoms with E-state index in [0.29, 0.717) is 12.5 Å². The monoisotopic (exact) mass is 272 g/mol. The van der Waals surface area contributed by atoms with Crippen molar-refractivity contribution in [1.82, 2.24) is 10.2 Å². The lowest BCUT2D eigenvalue weighted by molar-refractivity contribution is -0.143. The molecule has 0 radical (unpaired) electrons. The third-order valence-electron chi connectivity index (χ3n) is 3.10. The van der Waals surface area contributed by atoms with E-state index in [1.54, 1.807) is 4.90 Å². The molecule has 1 rings (SSSR count). The van der Waals surface area contributed by atoms with Crippen LogP contribution in [0.15, 0.2) is 0 Å². The number of carboxylic acid groups (broad SMARTS) is 1. The molecular formula is C12H20N2O5. The van der Waals surface area contributed by atoms with Gasteiger partial charge in [-0.25, -0.2) is 9.59 Å². The van der Waals surface area contributed by atoms with Crippen LogP contribution in [0.4, 0.5) is 4.79 Å². The predicted octanol–water partition coefficient (Wildman–Crippen LogP) is 0.444. The minimum atomic E-state index is -1.15. The Labute approximate surface area is 111 Å². The number of nitrogens with one attached hydrogen (secondary N) is 1. The second kappa shape index (κ2) is 7.08. The first-order valence-corrected chi connectivity index (χ1v) is 6.30. The average Bonchev–Trinajstić information content (AvgIpc) is 2.27. The van der Waals surface area contributed by atoms with Crippen molar-refractivity contribution < 1.29 is 24.2 Å². The van der Waals surface area contributed by atoms with Crippen LogP contribution in [0.3, 0.4) is 0 Å². The number of rotatable bonds is 4. The fourth-order valence-corrected chi connectivity index (χ4v) is 2.17. The molecule has 1 heterocycles. The summed E-state index contributed by atoms with van der Waals surface area (Å²) in [6.07, 6.45) is 1.83. The third kappa shape index (κ3) is 5.25. The molecule has 1 fully saturated rings. The first kappa shape index (κ1) is 15.4. The van der Waals surface area contributed by atoms with Crippen molar-refractivity contribution in [2.24, 2.45) is 5.92 Å². The molecule has 1 aliphatic rings. The molecule has 1 aliphatic heterocycles. The van der Waals surface area contributed by atoms with Gasteiger partial charge in [0.1, 0.15) is 13.2 Å². The molecule has 2 atom stereocenters. The van der Waals surface area contributed by atoms with Gasteiger partial charge < -0.3 is 14.7 Å². The fraction of sp³-hybridized carbons (Fsp3) is 0.750. The van der Waals surface area contributed by atoms with Gasteiger partial charge in [0, 0.05) is 12.6 Å². The Bertz CT molecular complexity index is 358. The summed E-state index contributed by atoms with van der Waals surface area (Å²) < 4.78 is 4.61. The van der Waals surface area contributed by atoms with Gasteiger partial charge in [0.15, 0.2) is 0 Å². The quantitative estimate of drug-likeness (QED) is 0.774. The Morgan fingerprint density at radius 1 is 1.32 bits per heavy atom. The molecule has 0 aromatic carbocycles. The minimum Gasteiger partial charge on any atom is -0.480 e. The number of nitrogens with zero attached hydrogens (tertiary/aromatic N) is 1. The Kier molecular flexibility index (Phi) is 5.75. The van der Waals surface area contributed by atoms with Crippen LogP contribution in [0.5, 0.6) is 0 Å². The molecule has 2 unspecified atom stereocenters. The lowest BCUT2D eigenvalue weighted by Gasteiger charge is -2.36. The molecule has 3 amide bonds. The number of carboxylic acids is 1. The van der Waals surface area contributed by atoms with Crippen LogP contribution < -0.4 is 5.32 Å². The summed E-state index contributed by atoms with van der Waals surface area (Å²) in [4.78, 5) is 35.0. The van der Waals surface area contributed by atoms with Gasteiger partial charge in [-0.15, -0.1) is 0 Å². The summed E-state index contributed by atoms with van der Waals surface area (Å²) in [5, 5.41) is 10.5. The van der Waals surface area contributed by atoms with Gasteiger partial charge in [-0.3, -0.25) is 10.1 Å². The molecule has 0 saturated carbocycles. The standard InChI is InChI=1S/C12H20N2O5/c1-8-3-4-14(9(2)5-8)12(18)13-10(15)6-19-7-11(16)17/h8-9H,3-7H2,1-2H3,(H,16,17)(H,13,15,18). The SMILES string of the molecule is CC1CCN(C(=O)NC(=O)COCC(=O)O)C(C)C1. The van der Waals surface area contributed by atoms with Crippen LogP contribution >= 0.6 is 0 Å². The van der Waals surface area contributed by atoms with Crippen molar-refractivity contribution in [2.45, 2.75) is 32.7 Å². The van der Waals surface area contributed by atoms with E-state index in [4.69, 9.17) is 5.11 Å². The normalized spacial score (nSPS) is 22.9. The number of amides is 3. The zero-order chi connectivity index (χ0) is 14.4. The maximum absolute atomic E-state index is 11.8. The van der Waals surface area contributed by atoms with E-state index in [9.17, 15) is 14.4 Å². The summed E-state index contributed by atoms with van der Waals surface area (Å²) in [7, 11) is 0. The largest absolute Gasteiger partial charge is 0.480 e. The van der Waals surface area contributed by atoms with Crippen LogP contribution in [0.2, 0.25) is 0 Å². The lowest BCUT2D eigenvalue weighted by Crippen LogP contribution is -2.51. The first-order valence-electron chi connectivity index (χ1n) is 6.30. The number of hydrogen-bond donors (Lipinski definition) is 2. The second-order valence-electron chi connectivity index (χ2n) is 4.91. The summed E-state index contributed by atoms with van der Waals surface area (Å²) in [6, 6.07) is -0.347. The van der Waals surface area contributed by atoms with Gasteiger partial charge in [-0.05, 0) is 25.7 Å². The van der Waals surface area contributed by atoms with Gasteiger partial charge >= 0.3 is 12.0 Å². The van der Waals surface area contributed by atoms with E-state index in [0.717, 1.165) is 12.8 Å². The van der Waals surface area contributed by atoms with Gasteiger partial charge in [0.05, 0.1) is 0 Å². The number of piperidine rings is 1. The Balaban J connectivity index is 2.33. The number of imide groups is 1. The Morgan fingerprint density at radius 2 is 2.00 bits per heavy atom. The number of carbonyl (C=O) groups is 3. The van der Waals surface area contributed by atoms with Crippen molar-refractivity contribution in [3.63, 3.8) is 0 Å². The highest BCUT2D eigenvalue weighted by Gasteiger charge is 2.27. The molecule has 7 nitrogen and oxygen atoms in total. The maximum Gasteiger partial charge on any atom is 0.329 e. The van der Waals surface area contributed by atoms with Crippen molar-refractivity contribution in [3.8, 4) is 0 Å². The molecule has 2 N–H and O–H groups in total. The molecule has 0 aromatic heterocycles. The summed E-state index contributed by atoms with van der Waals surface area (Å²) in [6.45, 7) is 3.71. The van der Waals surface area contributed by atoms with E-state index < -0.39 is 31.1 Å². The van der Waals surface area contributed by atoms with E-state index in [1.165, 1.54) is 0 Å². The molecule has 0 bridgehead atoms. The molecule has 1 saturated heterocycles.